The van der Waals surface area contributed by atoms with Crippen molar-refractivity contribution in [1.82, 2.24) is 19.9 Å². The van der Waals surface area contributed by atoms with E-state index < -0.39 is 0 Å². The minimum atomic E-state index is -0.257. The Kier molecular flexibility index (Phi) is 5.27. The molecule has 3 rings (SSSR count). The van der Waals surface area contributed by atoms with Gasteiger partial charge in [-0.1, -0.05) is 12.1 Å². The Labute approximate surface area is 151 Å². The number of nitrogens with one attached hydrogen (secondary N) is 1. The Morgan fingerprint density at radius 2 is 2.00 bits per heavy atom. The molecular weight excluding hydrogens is 335 g/mol. The van der Waals surface area contributed by atoms with Crippen LogP contribution in [-0.2, 0) is 11.2 Å². The highest BCUT2D eigenvalue weighted by atomic mass is 19.1. The van der Waals surface area contributed by atoms with Crippen molar-refractivity contribution in [2.45, 2.75) is 20.3 Å². The lowest BCUT2D eigenvalue weighted by Crippen LogP contribution is -2.27. The number of ether oxygens (including phenoxy) is 1. The molecule has 7 heteroatoms. The van der Waals surface area contributed by atoms with Crippen LogP contribution in [0.4, 0.5) is 4.39 Å². The molecule has 0 radical (unpaired) electrons. The molecule has 0 unspecified atom stereocenters. The molecule has 136 valence electrons. The highest BCUT2D eigenvalue weighted by molar-refractivity contribution is 5.99. The summed E-state index contributed by atoms with van der Waals surface area (Å²) in [5, 5.41) is 7.11. The summed E-state index contributed by atoms with van der Waals surface area (Å²) in [6.07, 6.45) is 2.15. The molecule has 26 heavy (non-hydrogen) atoms. The molecule has 0 saturated heterocycles. The highest BCUT2D eigenvalue weighted by Crippen LogP contribution is 2.20. The Hall–Kier alpha value is -2.80. The van der Waals surface area contributed by atoms with Crippen molar-refractivity contribution in [2.75, 3.05) is 20.3 Å². The smallest absolute Gasteiger partial charge is 0.256 e. The van der Waals surface area contributed by atoms with E-state index in [4.69, 9.17) is 4.74 Å². The monoisotopic (exact) mass is 356 g/mol. The van der Waals surface area contributed by atoms with Gasteiger partial charge in [0.1, 0.15) is 11.4 Å². The van der Waals surface area contributed by atoms with Gasteiger partial charge in [0.2, 0.25) is 0 Å². The standard InChI is InChI=1S/C19H21FN4O2/c1-12-16(10-14-4-6-15(20)7-5-14)13(2)24-18(23-12)17(11-22-24)19(25)21-8-9-26-3/h4-7,11H,8-10H2,1-3H3,(H,21,25). The highest BCUT2D eigenvalue weighted by Gasteiger charge is 2.18. The van der Waals surface area contributed by atoms with Crippen LogP contribution in [0.1, 0.15) is 32.9 Å². The minimum Gasteiger partial charge on any atom is -0.383 e. The summed E-state index contributed by atoms with van der Waals surface area (Å²) in [6, 6.07) is 6.41. The van der Waals surface area contributed by atoms with Gasteiger partial charge in [-0.25, -0.2) is 13.9 Å². The van der Waals surface area contributed by atoms with Gasteiger partial charge >= 0.3 is 0 Å². The first-order chi connectivity index (χ1) is 12.5. The maximum absolute atomic E-state index is 13.1. The molecular formula is C19H21FN4O2. The van der Waals surface area contributed by atoms with Gasteiger partial charge in [-0.05, 0) is 37.1 Å². The molecule has 0 bridgehead atoms. The average Bonchev–Trinajstić information content (AvgIpc) is 3.04. The minimum absolute atomic E-state index is 0.227. The summed E-state index contributed by atoms with van der Waals surface area (Å²) in [6.45, 7) is 4.72. The second-order valence-electron chi connectivity index (χ2n) is 6.11. The first-order valence-electron chi connectivity index (χ1n) is 8.36. The number of aryl methyl sites for hydroxylation is 2. The normalized spacial score (nSPS) is 11.1. The lowest BCUT2D eigenvalue weighted by Gasteiger charge is -2.12. The Balaban J connectivity index is 1.93. The predicted molar refractivity (Wildman–Crippen MR) is 95.9 cm³/mol. The van der Waals surface area contributed by atoms with Crippen molar-refractivity contribution in [3.05, 3.63) is 64.4 Å². The number of hydrogen-bond acceptors (Lipinski definition) is 4. The lowest BCUT2D eigenvalue weighted by atomic mass is 10.0. The number of hydrogen-bond donors (Lipinski definition) is 1. The Morgan fingerprint density at radius 1 is 1.27 bits per heavy atom. The number of carbonyl (C=O) groups excluding carboxylic acids is 1. The van der Waals surface area contributed by atoms with Gasteiger partial charge in [0.05, 0.1) is 12.8 Å². The van der Waals surface area contributed by atoms with Crippen LogP contribution in [0.3, 0.4) is 0 Å². The zero-order chi connectivity index (χ0) is 18.7. The third kappa shape index (κ3) is 3.57. The van der Waals surface area contributed by atoms with Crippen molar-refractivity contribution in [1.29, 1.82) is 0 Å². The summed E-state index contributed by atoms with van der Waals surface area (Å²) in [5.74, 6) is -0.485. The fourth-order valence-corrected chi connectivity index (χ4v) is 2.90. The number of methoxy groups -OCH3 is 1. The maximum Gasteiger partial charge on any atom is 0.256 e. The molecule has 0 atom stereocenters. The van der Waals surface area contributed by atoms with Crippen LogP contribution in [-0.4, -0.2) is 40.8 Å². The number of fused-ring (bicyclic) bond motifs is 1. The van der Waals surface area contributed by atoms with E-state index in [0.29, 0.717) is 30.8 Å². The number of carbonyl (C=O) groups is 1. The molecule has 1 aromatic carbocycles. The zero-order valence-electron chi connectivity index (χ0n) is 15.0. The molecule has 6 nitrogen and oxygen atoms in total. The molecule has 3 aromatic rings. The molecule has 2 heterocycles. The van der Waals surface area contributed by atoms with Gasteiger partial charge < -0.3 is 10.1 Å². The van der Waals surface area contributed by atoms with Gasteiger partial charge in [0, 0.05) is 31.5 Å². The number of amides is 1. The van der Waals surface area contributed by atoms with Crippen molar-refractivity contribution in [2.24, 2.45) is 0 Å². The third-order valence-electron chi connectivity index (χ3n) is 4.34. The van der Waals surface area contributed by atoms with Crippen LogP contribution in [0, 0.1) is 19.7 Å². The van der Waals surface area contributed by atoms with Crippen LogP contribution < -0.4 is 5.32 Å². The van der Waals surface area contributed by atoms with Crippen LogP contribution in [0.2, 0.25) is 0 Å². The van der Waals surface area contributed by atoms with Gasteiger partial charge in [-0.15, -0.1) is 0 Å². The van der Waals surface area contributed by atoms with Gasteiger partial charge in [-0.2, -0.15) is 5.10 Å². The Morgan fingerprint density at radius 3 is 2.69 bits per heavy atom. The third-order valence-corrected chi connectivity index (χ3v) is 4.34. The van der Waals surface area contributed by atoms with E-state index >= 15 is 0 Å². The van der Waals surface area contributed by atoms with Crippen molar-refractivity contribution < 1.29 is 13.9 Å². The molecule has 0 aliphatic carbocycles. The summed E-state index contributed by atoms with van der Waals surface area (Å²) in [4.78, 5) is 16.9. The van der Waals surface area contributed by atoms with Gasteiger partial charge in [0.15, 0.2) is 5.65 Å². The average molecular weight is 356 g/mol. The number of halogens is 1. The van der Waals surface area contributed by atoms with Crippen molar-refractivity contribution in [3.8, 4) is 0 Å². The van der Waals surface area contributed by atoms with Crippen molar-refractivity contribution in [3.63, 3.8) is 0 Å². The SMILES string of the molecule is COCCNC(=O)c1cnn2c(C)c(Cc3ccc(F)cc3)c(C)nc12. The number of benzene rings is 1. The molecule has 0 aliphatic heterocycles. The number of nitrogens with zero attached hydrogens (tertiary/aromatic N) is 3. The van der Waals surface area contributed by atoms with Crippen LogP contribution in [0.15, 0.2) is 30.5 Å². The largest absolute Gasteiger partial charge is 0.383 e. The number of aromatic nitrogens is 3. The van der Waals surface area contributed by atoms with Crippen LogP contribution in [0.5, 0.6) is 0 Å². The van der Waals surface area contributed by atoms with E-state index in [1.807, 2.05) is 13.8 Å². The van der Waals surface area contributed by atoms with Gasteiger partial charge in [-0.3, -0.25) is 4.79 Å². The van der Waals surface area contributed by atoms with E-state index in [1.54, 1.807) is 23.8 Å². The van der Waals surface area contributed by atoms with Gasteiger partial charge in [0.25, 0.3) is 5.91 Å². The zero-order valence-corrected chi connectivity index (χ0v) is 15.0. The molecule has 0 aliphatic rings. The molecule has 0 spiro atoms. The first-order valence-corrected chi connectivity index (χ1v) is 8.36. The molecule has 0 fully saturated rings. The molecule has 0 saturated carbocycles. The van der Waals surface area contributed by atoms with E-state index in [2.05, 4.69) is 15.4 Å². The second kappa shape index (κ2) is 7.61. The summed E-state index contributed by atoms with van der Waals surface area (Å²) in [7, 11) is 1.58. The van der Waals surface area contributed by atoms with E-state index in [0.717, 1.165) is 22.5 Å². The fourth-order valence-electron chi connectivity index (χ4n) is 2.90. The fraction of sp³-hybridized carbons (Fsp3) is 0.316. The second-order valence-corrected chi connectivity index (χ2v) is 6.11. The topological polar surface area (TPSA) is 68.5 Å². The molecule has 1 amide bonds. The summed E-state index contributed by atoms with van der Waals surface area (Å²) in [5.41, 5.74) is 4.69. The van der Waals surface area contributed by atoms with E-state index in [1.165, 1.54) is 18.3 Å². The molecule has 1 N–H and O–H groups in total. The van der Waals surface area contributed by atoms with E-state index in [9.17, 15) is 9.18 Å². The molecule has 2 aromatic heterocycles. The summed E-state index contributed by atoms with van der Waals surface area (Å²) >= 11 is 0. The summed E-state index contributed by atoms with van der Waals surface area (Å²) < 4.78 is 19.7. The maximum atomic E-state index is 13.1. The quantitative estimate of drug-likeness (QED) is 0.689. The Bertz CT molecular complexity index is 935. The van der Waals surface area contributed by atoms with E-state index in [-0.39, 0.29) is 11.7 Å². The van der Waals surface area contributed by atoms with Crippen LogP contribution >= 0.6 is 0 Å². The lowest BCUT2D eigenvalue weighted by molar-refractivity contribution is 0.0938. The number of rotatable bonds is 6. The van der Waals surface area contributed by atoms with Crippen molar-refractivity contribution >= 4 is 11.6 Å². The first kappa shape index (κ1) is 18.0. The predicted octanol–water partition coefficient (Wildman–Crippen LogP) is 2.45. The van der Waals surface area contributed by atoms with Crippen LogP contribution in [0.25, 0.3) is 5.65 Å².